The van der Waals surface area contributed by atoms with E-state index in [1.165, 1.54) is 0 Å². The van der Waals surface area contributed by atoms with Crippen LogP contribution >= 0.6 is 0 Å². The van der Waals surface area contributed by atoms with Crippen molar-refractivity contribution in [3.8, 4) is 22.7 Å². The number of rotatable bonds is 7. The third kappa shape index (κ3) is 4.12. The Bertz CT molecular complexity index is 824. The molecule has 0 unspecified atom stereocenters. The third-order valence-corrected chi connectivity index (χ3v) is 3.76. The molecule has 128 valence electrons. The van der Waals surface area contributed by atoms with Crippen LogP contribution in [0.15, 0.2) is 66.0 Å². The third-order valence-electron chi connectivity index (χ3n) is 3.76. The predicted octanol–water partition coefficient (Wildman–Crippen LogP) is 4.84. The zero-order valence-electron chi connectivity index (χ0n) is 14.4. The van der Waals surface area contributed by atoms with Gasteiger partial charge in [-0.1, -0.05) is 37.2 Å². The second-order valence-corrected chi connectivity index (χ2v) is 6.30. The van der Waals surface area contributed by atoms with Gasteiger partial charge in [-0.15, -0.1) is 0 Å². The summed E-state index contributed by atoms with van der Waals surface area (Å²) in [6.45, 7) is 5.00. The summed E-state index contributed by atoms with van der Waals surface area (Å²) in [5.41, 5.74) is 3.44. The molecule has 0 atom stereocenters. The molecule has 0 spiro atoms. The molecule has 0 bridgehead atoms. The minimum atomic E-state index is 0.0910. The lowest BCUT2D eigenvalue weighted by molar-refractivity contribution is 0.271. The maximum Gasteiger partial charge on any atom is 0.119 e. The Morgan fingerprint density at radius 3 is 2.44 bits per heavy atom. The molecule has 0 fully saturated rings. The van der Waals surface area contributed by atoms with Gasteiger partial charge in [0.15, 0.2) is 0 Å². The van der Waals surface area contributed by atoms with Crippen LogP contribution in [0.3, 0.4) is 0 Å². The number of hydrogen-bond donors (Lipinski definition) is 0. The Labute approximate surface area is 147 Å². The van der Waals surface area contributed by atoms with E-state index in [2.05, 4.69) is 24.1 Å². The van der Waals surface area contributed by atoms with Gasteiger partial charge in [-0.3, -0.25) is 0 Å². The van der Waals surface area contributed by atoms with Crippen LogP contribution in [0.1, 0.15) is 19.4 Å². The van der Waals surface area contributed by atoms with Gasteiger partial charge in [-0.05, 0) is 42.3 Å². The molecule has 0 saturated carbocycles. The summed E-state index contributed by atoms with van der Waals surface area (Å²) in [5.74, 6) is 1.31. The van der Waals surface area contributed by atoms with Crippen LogP contribution in [0.25, 0.3) is 16.9 Å². The second kappa shape index (κ2) is 7.75. The number of nitroso groups, excluding NO2 is 1. The first-order chi connectivity index (χ1) is 12.2. The van der Waals surface area contributed by atoms with Crippen molar-refractivity contribution in [1.82, 2.24) is 9.78 Å². The number of ether oxygens (including phenoxy) is 1. The standard InChI is InChI=1S/C20H21N3O2/c1-15(2)14-25-19-10-8-16(9-11-19)20-17(12-21-24)13-23(22-20)18-6-4-3-5-7-18/h3-11,13,15H,12,14H2,1-2H3. The van der Waals surface area contributed by atoms with Crippen LogP contribution < -0.4 is 4.74 Å². The van der Waals surface area contributed by atoms with Crippen molar-refractivity contribution < 1.29 is 4.74 Å². The highest BCUT2D eigenvalue weighted by Crippen LogP contribution is 2.26. The summed E-state index contributed by atoms with van der Waals surface area (Å²) in [4.78, 5) is 10.8. The molecule has 3 aromatic rings. The van der Waals surface area contributed by atoms with Crippen LogP contribution in [-0.2, 0) is 6.54 Å². The van der Waals surface area contributed by atoms with Gasteiger partial charge in [0.05, 0.1) is 18.0 Å². The largest absolute Gasteiger partial charge is 0.493 e. The molecular formula is C20H21N3O2. The SMILES string of the molecule is CC(C)COc1ccc(-c2nn(-c3ccccc3)cc2CN=O)cc1. The number of nitrogens with zero attached hydrogens (tertiary/aromatic N) is 3. The Kier molecular flexibility index (Phi) is 5.23. The molecule has 1 aromatic heterocycles. The first-order valence-corrected chi connectivity index (χ1v) is 8.33. The van der Waals surface area contributed by atoms with E-state index >= 15 is 0 Å². The summed E-state index contributed by atoms with van der Waals surface area (Å²) in [5, 5.41) is 7.69. The van der Waals surface area contributed by atoms with Gasteiger partial charge in [0.25, 0.3) is 0 Å². The highest BCUT2D eigenvalue weighted by molar-refractivity contribution is 5.64. The van der Waals surface area contributed by atoms with E-state index in [0.717, 1.165) is 28.3 Å². The van der Waals surface area contributed by atoms with Gasteiger partial charge in [0, 0.05) is 17.3 Å². The smallest absolute Gasteiger partial charge is 0.119 e. The fraction of sp³-hybridized carbons (Fsp3) is 0.250. The molecule has 0 aliphatic heterocycles. The average Bonchev–Trinajstić information content (AvgIpc) is 3.05. The van der Waals surface area contributed by atoms with E-state index in [0.29, 0.717) is 12.5 Å². The van der Waals surface area contributed by atoms with Crippen molar-refractivity contribution >= 4 is 0 Å². The second-order valence-electron chi connectivity index (χ2n) is 6.30. The fourth-order valence-electron chi connectivity index (χ4n) is 2.52. The quantitative estimate of drug-likeness (QED) is 0.580. The minimum Gasteiger partial charge on any atom is -0.493 e. The molecule has 0 aliphatic rings. The van der Waals surface area contributed by atoms with Gasteiger partial charge in [-0.25, -0.2) is 4.68 Å². The molecule has 5 heteroatoms. The van der Waals surface area contributed by atoms with Crippen molar-refractivity contribution in [2.24, 2.45) is 11.1 Å². The fourth-order valence-corrected chi connectivity index (χ4v) is 2.52. The highest BCUT2D eigenvalue weighted by atomic mass is 16.5. The van der Waals surface area contributed by atoms with E-state index < -0.39 is 0 Å². The van der Waals surface area contributed by atoms with Crippen LogP contribution in [0, 0.1) is 10.8 Å². The number of hydrogen-bond acceptors (Lipinski definition) is 4. The molecule has 5 nitrogen and oxygen atoms in total. The molecule has 1 heterocycles. The van der Waals surface area contributed by atoms with Crippen molar-refractivity contribution in [2.45, 2.75) is 20.4 Å². The summed E-state index contributed by atoms with van der Waals surface area (Å²) < 4.78 is 7.49. The summed E-state index contributed by atoms with van der Waals surface area (Å²) >= 11 is 0. The van der Waals surface area contributed by atoms with Gasteiger partial charge in [0.1, 0.15) is 12.3 Å². The van der Waals surface area contributed by atoms with Crippen molar-refractivity contribution in [3.05, 3.63) is 71.3 Å². The lowest BCUT2D eigenvalue weighted by Gasteiger charge is -2.09. The molecule has 0 aliphatic carbocycles. The maximum absolute atomic E-state index is 10.8. The molecule has 0 radical (unpaired) electrons. The average molecular weight is 335 g/mol. The molecule has 25 heavy (non-hydrogen) atoms. The van der Waals surface area contributed by atoms with Gasteiger partial charge in [-0.2, -0.15) is 10.0 Å². The van der Waals surface area contributed by atoms with Gasteiger partial charge < -0.3 is 4.74 Å². The maximum atomic E-state index is 10.8. The van der Waals surface area contributed by atoms with Gasteiger partial charge >= 0.3 is 0 Å². The van der Waals surface area contributed by atoms with Crippen molar-refractivity contribution in [1.29, 1.82) is 0 Å². The zero-order chi connectivity index (χ0) is 17.6. The van der Waals surface area contributed by atoms with Gasteiger partial charge in [0.2, 0.25) is 0 Å². The first-order valence-electron chi connectivity index (χ1n) is 8.33. The molecule has 3 rings (SSSR count). The Morgan fingerprint density at radius 1 is 1.08 bits per heavy atom. The zero-order valence-corrected chi connectivity index (χ0v) is 14.4. The highest BCUT2D eigenvalue weighted by Gasteiger charge is 2.12. The van der Waals surface area contributed by atoms with Crippen molar-refractivity contribution in [2.75, 3.05) is 6.61 Å². The Balaban J connectivity index is 1.90. The van der Waals surface area contributed by atoms with E-state index in [-0.39, 0.29) is 6.54 Å². The Hall–Kier alpha value is -2.95. The number of para-hydroxylation sites is 1. The first kappa shape index (κ1) is 16.9. The van der Waals surface area contributed by atoms with E-state index in [9.17, 15) is 4.91 Å². The summed E-state index contributed by atoms with van der Waals surface area (Å²) in [7, 11) is 0. The van der Waals surface area contributed by atoms with E-state index in [4.69, 9.17) is 4.74 Å². The molecular weight excluding hydrogens is 314 g/mol. The normalized spacial score (nSPS) is 10.8. The van der Waals surface area contributed by atoms with E-state index in [1.807, 2.05) is 60.8 Å². The summed E-state index contributed by atoms with van der Waals surface area (Å²) in [6.07, 6.45) is 1.86. The number of aromatic nitrogens is 2. The molecule has 0 saturated heterocycles. The molecule has 0 amide bonds. The van der Waals surface area contributed by atoms with Crippen LogP contribution in [0.4, 0.5) is 0 Å². The topological polar surface area (TPSA) is 56.5 Å². The molecule has 0 N–H and O–H groups in total. The van der Waals surface area contributed by atoms with Crippen molar-refractivity contribution in [3.63, 3.8) is 0 Å². The Morgan fingerprint density at radius 2 is 1.80 bits per heavy atom. The lowest BCUT2D eigenvalue weighted by Crippen LogP contribution is -2.04. The van der Waals surface area contributed by atoms with E-state index in [1.54, 1.807) is 4.68 Å². The predicted molar refractivity (Wildman–Crippen MR) is 98.8 cm³/mol. The summed E-state index contributed by atoms with van der Waals surface area (Å²) in [6, 6.07) is 17.6. The van der Waals surface area contributed by atoms with Crippen LogP contribution in [-0.4, -0.2) is 16.4 Å². The van der Waals surface area contributed by atoms with Crippen LogP contribution in [0.2, 0.25) is 0 Å². The number of benzene rings is 2. The van der Waals surface area contributed by atoms with Crippen LogP contribution in [0.5, 0.6) is 5.75 Å². The monoisotopic (exact) mass is 335 g/mol. The molecule has 2 aromatic carbocycles. The lowest BCUT2D eigenvalue weighted by atomic mass is 10.1. The minimum absolute atomic E-state index is 0.0910.